The Balaban J connectivity index is 1.82. The van der Waals surface area contributed by atoms with Crippen LogP contribution in [0.4, 0.5) is 5.82 Å². The summed E-state index contributed by atoms with van der Waals surface area (Å²) in [5, 5.41) is 1.13. The first-order valence-electron chi connectivity index (χ1n) is 8.91. The molecule has 0 radical (unpaired) electrons. The Morgan fingerprint density at radius 1 is 1.04 bits per heavy atom. The summed E-state index contributed by atoms with van der Waals surface area (Å²) < 4.78 is 5.26. The van der Waals surface area contributed by atoms with Gasteiger partial charge in [-0.15, -0.1) is 0 Å². The first-order valence-corrected chi connectivity index (χ1v) is 8.91. The molecule has 0 aliphatic carbocycles. The summed E-state index contributed by atoms with van der Waals surface area (Å²) in [6.45, 7) is 4.44. The van der Waals surface area contributed by atoms with Crippen LogP contribution < -0.4 is 9.64 Å². The number of hydrogen-bond donors (Lipinski definition) is 0. The summed E-state index contributed by atoms with van der Waals surface area (Å²) in [6.07, 6.45) is 2.52. The highest BCUT2D eigenvalue weighted by Crippen LogP contribution is 2.30. The molecule has 1 atom stereocenters. The molecule has 1 aliphatic heterocycles. The molecule has 1 aromatic heterocycles. The van der Waals surface area contributed by atoms with Crippen LogP contribution in [0.5, 0.6) is 5.75 Å². The molecule has 2 aromatic carbocycles. The molecule has 0 unspecified atom stereocenters. The SMILES string of the molecule is COc1ccc(-c2nc(N3CCC[C@H](C)C3)c3ccccc3n2)cc1. The summed E-state index contributed by atoms with van der Waals surface area (Å²) in [6, 6.07) is 16.2. The van der Waals surface area contributed by atoms with Crippen molar-refractivity contribution in [3.63, 3.8) is 0 Å². The highest BCUT2D eigenvalue weighted by Gasteiger charge is 2.21. The van der Waals surface area contributed by atoms with E-state index in [1.807, 2.05) is 30.3 Å². The third kappa shape index (κ3) is 3.16. The Labute approximate surface area is 148 Å². The van der Waals surface area contributed by atoms with Gasteiger partial charge in [-0.3, -0.25) is 0 Å². The first kappa shape index (κ1) is 15.9. The van der Waals surface area contributed by atoms with Gasteiger partial charge in [-0.1, -0.05) is 19.1 Å². The van der Waals surface area contributed by atoms with Crippen molar-refractivity contribution in [3.8, 4) is 17.1 Å². The second-order valence-electron chi connectivity index (χ2n) is 6.81. The molecule has 4 rings (SSSR count). The molecule has 0 spiro atoms. The van der Waals surface area contributed by atoms with E-state index in [0.29, 0.717) is 5.92 Å². The number of rotatable bonds is 3. The van der Waals surface area contributed by atoms with Gasteiger partial charge in [-0.2, -0.15) is 0 Å². The molecule has 0 saturated carbocycles. The maximum absolute atomic E-state index is 5.26. The highest BCUT2D eigenvalue weighted by molar-refractivity contribution is 5.91. The number of anilines is 1. The first-order chi connectivity index (χ1) is 12.2. The van der Waals surface area contributed by atoms with Crippen molar-refractivity contribution < 1.29 is 4.74 Å². The monoisotopic (exact) mass is 333 g/mol. The van der Waals surface area contributed by atoms with Gasteiger partial charge in [-0.05, 0) is 55.2 Å². The molecule has 128 valence electrons. The fraction of sp³-hybridized carbons (Fsp3) is 0.333. The topological polar surface area (TPSA) is 38.2 Å². The van der Waals surface area contributed by atoms with Gasteiger partial charge >= 0.3 is 0 Å². The molecule has 0 N–H and O–H groups in total. The zero-order valence-electron chi connectivity index (χ0n) is 14.8. The Hall–Kier alpha value is -2.62. The molecule has 0 amide bonds. The van der Waals surface area contributed by atoms with Crippen molar-refractivity contribution in [2.24, 2.45) is 5.92 Å². The molecular formula is C21H23N3O. The number of aromatic nitrogens is 2. The van der Waals surface area contributed by atoms with E-state index in [-0.39, 0.29) is 0 Å². The van der Waals surface area contributed by atoms with Gasteiger partial charge in [0.15, 0.2) is 5.82 Å². The average Bonchev–Trinajstić information content (AvgIpc) is 2.67. The van der Waals surface area contributed by atoms with Crippen molar-refractivity contribution in [3.05, 3.63) is 48.5 Å². The number of benzene rings is 2. The highest BCUT2D eigenvalue weighted by atomic mass is 16.5. The van der Waals surface area contributed by atoms with E-state index in [2.05, 4.69) is 30.0 Å². The van der Waals surface area contributed by atoms with Crippen LogP contribution in [0.1, 0.15) is 19.8 Å². The summed E-state index contributed by atoms with van der Waals surface area (Å²) in [5.41, 5.74) is 2.01. The molecule has 1 aliphatic rings. The van der Waals surface area contributed by atoms with E-state index in [1.54, 1.807) is 7.11 Å². The molecule has 1 saturated heterocycles. The molecule has 4 heteroatoms. The quantitative estimate of drug-likeness (QED) is 0.705. The van der Waals surface area contributed by atoms with E-state index < -0.39 is 0 Å². The van der Waals surface area contributed by atoms with Gasteiger partial charge in [-0.25, -0.2) is 9.97 Å². The van der Waals surface area contributed by atoms with Crippen LogP contribution >= 0.6 is 0 Å². The van der Waals surface area contributed by atoms with Crippen LogP contribution in [0.2, 0.25) is 0 Å². The van der Waals surface area contributed by atoms with Crippen LogP contribution in [-0.2, 0) is 0 Å². The third-order valence-electron chi connectivity index (χ3n) is 4.89. The number of ether oxygens (including phenoxy) is 1. The minimum atomic E-state index is 0.701. The van der Waals surface area contributed by atoms with Crippen LogP contribution in [0.3, 0.4) is 0 Å². The van der Waals surface area contributed by atoms with E-state index in [9.17, 15) is 0 Å². The molecule has 0 bridgehead atoms. The Bertz CT molecular complexity index is 876. The largest absolute Gasteiger partial charge is 0.497 e. The summed E-state index contributed by atoms with van der Waals surface area (Å²) >= 11 is 0. The van der Waals surface area contributed by atoms with E-state index in [4.69, 9.17) is 14.7 Å². The number of methoxy groups -OCH3 is 1. The predicted molar refractivity (Wildman–Crippen MR) is 102 cm³/mol. The maximum atomic E-state index is 5.26. The second-order valence-corrected chi connectivity index (χ2v) is 6.81. The van der Waals surface area contributed by atoms with Crippen molar-refractivity contribution in [1.29, 1.82) is 0 Å². The van der Waals surface area contributed by atoms with Gasteiger partial charge in [0.1, 0.15) is 11.6 Å². The molecule has 25 heavy (non-hydrogen) atoms. The summed E-state index contributed by atoms with van der Waals surface area (Å²) in [7, 11) is 1.68. The van der Waals surface area contributed by atoms with E-state index >= 15 is 0 Å². The Kier molecular flexibility index (Phi) is 4.26. The number of piperidine rings is 1. The molecular weight excluding hydrogens is 310 g/mol. The fourth-order valence-corrected chi connectivity index (χ4v) is 3.55. The van der Waals surface area contributed by atoms with Gasteiger partial charge < -0.3 is 9.64 Å². The molecule has 1 fully saturated rings. The third-order valence-corrected chi connectivity index (χ3v) is 4.89. The van der Waals surface area contributed by atoms with Crippen LogP contribution in [-0.4, -0.2) is 30.2 Å². The molecule has 4 nitrogen and oxygen atoms in total. The minimum Gasteiger partial charge on any atom is -0.497 e. The Morgan fingerprint density at radius 2 is 1.84 bits per heavy atom. The lowest BCUT2D eigenvalue weighted by atomic mass is 10.00. The van der Waals surface area contributed by atoms with E-state index in [0.717, 1.165) is 46.9 Å². The minimum absolute atomic E-state index is 0.701. The smallest absolute Gasteiger partial charge is 0.162 e. The summed E-state index contributed by atoms with van der Waals surface area (Å²) in [5.74, 6) is 3.37. The van der Waals surface area contributed by atoms with Gasteiger partial charge in [0.2, 0.25) is 0 Å². The van der Waals surface area contributed by atoms with Crippen LogP contribution in [0.15, 0.2) is 48.5 Å². The second kappa shape index (κ2) is 6.71. The van der Waals surface area contributed by atoms with Crippen LogP contribution in [0.25, 0.3) is 22.3 Å². The van der Waals surface area contributed by atoms with Crippen molar-refractivity contribution in [1.82, 2.24) is 9.97 Å². The number of hydrogen-bond acceptors (Lipinski definition) is 4. The molecule has 2 heterocycles. The normalized spacial score (nSPS) is 17.7. The summed E-state index contributed by atoms with van der Waals surface area (Å²) in [4.78, 5) is 12.2. The lowest BCUT2D eigenvalue weighted by Gasteiger charge is -2.32. The van der Waals surface area contributed by atoms with Gasteiger partial charge in [0.25, 0.3) is 0 Å². The molecule has 3 aromatic rings. The van der Waals surface area contributed by atoms with E-state index in [1.165, 1.54) is 12.8 Å². The zero-order chi connectivity index (χ0) is 17.2. The number of nitrogens with zero attached hydrogens (tertiary/aromatic N) is 3. The average molecular weight is 333 g/mol. The number of fused-ring (bicyclic) bond motifs is 1. The van der Waals surface area contributed by atoms with Gasteiger partial charge in [0.05, 0.1) is 12.6 Å². The number of para-hydroxylation sites is 1. The fourth-order valence-electron chi connectivity index (χ4n) is 3.55. The van der Waals surface area contributed by atoms with Crippen molar-refractivity contribution >= 4 is 16.7 Å². The Morgan fingerprint density at radius 3 is 2.60 bits per heavy atom. The maximum Gasteiger partial charge on any atom is 0.162 e. The predicted octanol–water partition coefficient (Wildman–Crippen LogP) is 4.54. The lowest BCUT2D eigenvalue weighted by molar-refractivity contribution is 0.415. The lowest BCUT2D eigenvalue weighted by Crippen LogP contribution is -2.35. The van der Waals surface area contributed by atoms with Crippen molar-refractivity contribution in [2.45, 2.75) is 19.8 Å². The van der Waals surface area contributed by atoms with Crippen molar-refractivity contribution in [2.75, 3.05) is 25.1 Å². The zero-order valence-corrected chi connectivity index (χ0v) is 14.8. The van der Waals surface area contributed by atoms with Crippen LogP contribution in [0, 0.1) is 5.92 Å². The standard InChI is InChI=1S/C21H23N3O/c1-15-6-5-13-24(14-15)21-18-7-3-4-8-19(18)22-20(23-21)16-9-11-17(25-2)12-10-16/h3-4,7-12,15H,5-6,13-14H2,1-2H3/t15-/m0/s1. The van der Waals surface area contributed by atoms with Gasteiger partial charge in [0, 0.05) is 24.0 Å².